The molecular weight excluding hydrogens is 312 g/mol. The number of amides is 2. The number of sulfone groups is 1. The van der Waals surface area contributed by atoms with E-state index in [0.29, 0.717) is 24.8 Å². The maximum absolute atomic E-state index is 12.0. The molecule has 6 heteroatoms. The van der Waals surface area contributed by atoms with Crippen molar-refractivity contribution in [2.24, 2.45) is 11.8 Å². The minimum Gasteiger partial charge on any atom is -0.338 e. The Morgan fingerprint density at radius 2 is 1.96 bits per heavy atom. The highest BCUT2D eigenvalue weighted by Crippen LogP contribution is 2.16. The van der Waals surface area contributed by atoms with Crippen LogP contribution in [0.2, 0.25) is 0 Å². The summed E-state index contributed by atoms with van der Waals surface area (Å²) >= 11 is 0. The second kappa shape index (κ2) is 7.81. The lowest BCUT2D eigenvalue weighted by Crippen LogP contribution is -2.44. The third-order valence-corrected chi connectivity index (χ3v) is 6.14. The Hall–Kier alpha value is -1.56. The van der Waals surface area contributed by atoms with Crippen LogP contribution in [0, 0.1) is 11.8 Å². The van der Waals surface area contributed by atoms with Crippen LogP contribution in [0.3, 0.4) is 0 Å². The fourth-order valence-electron chi connectivity index (χ4n) is 2.83. The summed E-state index contributed by atoms with van der Waals surface area (Å²) in [6, 6.07) is 9.70. The van der Waals surface area contributed by atoms with Gasteiger partial charge >= 0.3 is 6.03 Å². The summed E-state index contributed by atoms with van der Waals surface area (Å²) in [5.74, 6) is 1.01. The summed E-state index contributed by atoms with van der Waals surface area (Å²) in [4.78, 5) is 12.0. The van der Waals surface area contributed by atoms with Crippen molar-refractivity contribution >= 4 is 15.9 Å². The van der Waals surface area contributed by atoms with Gasteiger partial charge in [0, 0.05) is 12.6 Å². The van der Waals surface area contributed by atoms with Crippen molar-refractivity contribution in [2.75, 3.05) is 18.1 Å². The van der Waals surface area contributed by atoms with Gasteiger partial charge in [-0.15, -0.1) is 0 Å². The number of nitrogens with one attached hydrogen (secondary N) is 2. The van der Waals surface area contributed by atoms with Crippen molar-refractivity contribution in [3.05, 3.63) is 35.9 Å². The second-order valence-electron chi connectivity index (χ2n) is 6.65. The van der Waals surface area contributed by atoms with Gasteiger partial charge in [0.05, 0.1) is 11.5 Å². The van der Waals surface area contributed by atoms with Crippen LogP contribution in [0.25, 0.3) is 0 Å². The van der Waals surface area contributed by atoms with E-state index in [1.807, 2.05) is 18.2 Å². The molecule has 1 aliphatic rings. The van der Waals surface area contributed by atoms with Gasteiger partial charge in [0.15, 0.2) is 9.84 Å². The number of urea groups is 1. The molecule has 0 radical (unpaired) electrons. The average Bonchev–Trinajstić information content (AvgIpc) is 2.83. The molecule has 128 valence electrons. The summed E-state index contributed by atoms with van der Waals surface area (Å²) in [6.45, 7) is 4.88. The fourth-order valence-corrected chi connectivity index (χ4v) is 4.50. The number of benzene rings is 1. The highest BCUT2D eigenvalue weighted by Gasteiger charge is 2.29. The van der Waals surface area contributed by atoms with Gasteiger partial charge in [0.25, 0.3) is 0 Å². The number of carbonyl (C=O) groups is 1. The SMILES string of the molecule is CC(C)[C@H](CNC(=O)N[C@H]1CCS(=O)(=O)C1)Cc1ccccc1. The normalized spacial score (nSPS) is 21.1. The van der Waals surface area contributed by atoms with Crippen LogP contribution in [0.4, 0.5) is 4.79 Å². The highest BCUT2D eigenvalue weighted by molar-refractivity contribution is 7.91. The molecular formula is C17H26N2O3S. The smallest absolute Gasteiger partial charge is 0.315 e. The van der Waals surface area contributed by atoms with Gasteiger partial charge in [-0.3, -0.25) is 0 Å². The van der Waals surface area contributed by atoms with Crippen molar-refractivity contribution in [1.82, 2.24) is 10.6 Å². The summed E-state index contributed by atoms with van der Waals surface area (Å²) in [5.41, 5.74) is 1.26. The van der Waals surface area contributed by atoms with Crippen molar-refractivity contribution in [3.8, 4) is 0 Å². The largest absolute Gasteiger partial charge is 0.338 e. The maximum Gasteiger partial charge on any atom is 0.315 e. The average molecular weight is 338 g/mol. The molecule has 1 heterocycles. The first-order chi connectivity index (χ1) is 10.9. The first-order valence-corrected chi connectivity index (χ1v) is 9.96. The van der Waals surface area contributed by atoms with Crippen molar-refractivity contribution < 1.29 is 13.2 Å². The third-order valence-electron chi connectivity index (χ3n) is 4.38. The topological polar surface area (TPSA) is 75.3 Å². The van der Waals surface area contributed by atoms with Gasteiger partial charge in [-0.25, -0.2) is 13.2 Å². The molecule has 1 saturated heterocycles. The minimum absolute atomic E-state index is 0.0536. The van der Waals surface area contributed by atoms with Crippen LogP contribution in [0.5, 0.6) is 0 Å². The molecule has 2 atom stereocenters. The molecule has 2 amide bonds. The Balaban J connectivity index is 1.80. The van der Waals surface area contributed by atoms with Gasteiger partial charge in [-0.2, -0.15) is 0 Å². The monoisotopic (exact) mass is 338 g/mol. The quantitative estimate of drug-likeness (QED) is 0.833. The van der Waals surface area contributed by atoms with Gasteiger partial charge in [-0.05, 0) is 30.2 Å². The van der Waals surface area contributed by atoms with Crippen LogP contribution in [-0.2, 0) is 16.3 Å². The first-order valence-electron chi connectivity index (χ1n) is 8.14. The van der Waals surface area contributed by atoms with E-state index in [9.17, 15) is 13.2 Å². The van der Waals surface area contributed by atoms with Crippen LogP contribution in [0.1, 0.15) is 25.8 Å². The summed E-state index contributed by atoms with van der Waals surface area (Å²) < 4.78 is 22.8. The van der Waals surface area contributed by atoms with Gasteiger partial charge in [0.2, 0.25) is 0 Å². The summed E-state index contributed by atoms with van der Waals surface area (Å²) in [6.07, 6.45) is 1.42. The number of rotatable bonds is 6. The minimum atomic E-state index is -2.97. The summed E-state index contributed by atoms with van der Waals surface area (Å²) in [7, 11) is -2.97. The predicted octanol–water partition coefficient (Wildman–Crippen LogP) is 1.99. The Labute approximate surface area is 138 Å². The van der Waals surface area contributed by atoms with E-state index >= 15 is 0 Å². The van der Waals surface area contributed by atoms with Crippen LogP contribution in [-0.4, -0.2) is 38.5 Å². The van der Waals surface area contributed by atoms with E-state index in [4.69, 9.17) is 0 Å². The van der Waals surface area contributed by atoms with E-state index in [2.05, 4.69) is 36.6 Å². The predicted molar refractivity (Wildman–Crippen MR) is 92.1 cm³/mol. The molecule has 1 aromatic rings. The molecule has 0 aliphatic carbocycles. The van der Waals surface area contributed by atoms with E-state index in [1.54, 1.807) is 0 Å². The third kappa shape index (κ3) is 5.86. The summed E-state index contributed by atoms with van der Waals surface area (Å²) in [5, 5.41) is 5.66. The molecule has 1 aromatic carbocycles. The van der Waals surface area contributed by atoms with E-state index in [-0.39, 0.29) is 23.6 Å². The number of hydrogen-bond acceptors (Lipinski definition) is 3. The van der Waals surface area contributed by atoms with Crippen molar-refractivity contribution in [3.63, 3.8) is 0 Å². The van der Waals surface area contributed by atoms with Gasteiger partial charge in [0.1, 0.15) is 0 Å². The van der Waals surface area contributed by atoms with Crippen LogP contribution >= 0.6 is 0 Å². The molecule has 0 spiro atoms. The lowest BCUT2D eigenvalue weighted by Gasteiger charge is -2.22. The Morgan fingerprint density at radius 3 is 2.52 bits per heavy atom. The van der Waals surface area contributed by atoms with Crippen molar-refractivity contribution in [1.29, 1.82) is 0 Å². The van der Waals surface area contributed by atoms with E-state index < -0.39 is 9.84 Å². The molecule has 0 aromatic heterocycles. The number of hydrogen-bond donors (Lipinski definition) is 2. The van der Waals surface area contributed by atoms with Crippen LogP contribution < -0.4 is 10.6 Å². The Kier molecular flexibility index (Phi) is 6.04. The first kappa shape index (κ1) is 17.8. The maximum atomic E-state index is 12.0. The van der Waals surface area contributed by atoms with Crippen LogP contribution in [0.15, 0.2) is 30.3 Å². The van der Waals surface area contributed by atoms with Crippen molar-refractivity contribution in [2.45, 2.75) is 32.7 Å². The van der Waals surface area contributed by atoms with E-state index in [1.165, 1.54) is 5.56 Å². The van der Waals surface area contributed by atoms with E-state index in [0.717, 1.165) is 6.42 Å². The molecule has 5 nitrogen and oxygen atoms in total. The second-order valence-corrected chi connectivity index (χ2v) is 8.88. The Bertz CT molecular complexity index is 614. The molecule has 1 aliphatic heterocycles. The fraction of sp³-hybridized carbons (Fsp3) is 0.588. The molecule has 0 saturated carbocycles. The molecule has 2 N–H and O–H groups in total. The molecule has 23 heavy (non-hydrogen) atoms. The molecule has 1 fully saturated rings. The lowest BCUT2D eigenvalue weighted by atomic mass is 9.89. The Morgan fingerprint density at radius 1 is 1.26 bits per heavy atom. The zero-order valence-corrected chi connectivity index (χ0v) is 14.6. The molecule has 0 unspecified atom stereocenters. The lowest BCUT2D eigenvalue weighted by molar-refractivity contribution is 0.233. The molecule has 0 bridgehead atoms. The van der Waals surface area contributed by atoms with Gasteiger partial charge < -0.3 is 10.6 Å². The standard InChI is InChI=1S/C17H26N2O3S/c1-13(2)15(10-14-6-4-3-5-7-14)11-18-17(20)19-16-8-9-23(21,22)12-16/h3-7,13,15-16H,8-12H2,1-2H3,(H2,18,19,20)/t15-,16-/m0/s1. The molecule has 2 rings (SSSR count). The highest BCUT2D eigenvalue weighted by atomic mass is 32.2. The zero-order chi connectivity index (χ0) is 16.9. The van der Waals surface area contributed by atoms with Gasteiger partial charge in [-0.1, -0.05) is 44.2 Å². The zero-order valence-electron chi connectivity index (χ0n) is 13.8. The number of carbonyl (C=O) groups excluding carboxylic acids is 1.